The Balaban J connectivity index is 1.89. The van der Waals surface area contributed by atoms with Crippen molar-refractivity contribution in [2.75, 3.05) is 25.0 Å². The number of aromatic carboxylic acids is 1. The summed E-state index contributed by atoms with van der Waals surface area (Å²) < 4.78 is 0. The molecule has 1 aromatic rings. The van der Waals surface area contributed by atoms with Crippen molar-refractivity contribution in [1.29, 1.82) is 0 Å². The average Bonchev–Trinajstić information content (AvgIpc) is 3.02. The van der Waals surface area contributed by atoms with Gasteiger partial charge in [0.1, 0.15) is 5.69 Å². The molecule has 0 radical (unpaired) electrons. The zero-order valence-corrected chi connectivity index (χ0v) is 12.4. The van der Waals surface area contributed by atoms with Crippen molar-refractivity contribution >= 4 is 17.7 Å². The van der Waals surface area contributed by atoms with E-state index in [1.165, 1.54) is 0 Å². The lowest BCUT2D eigenvalue weighted by Gasteiger charge is -2.22. The van der Waals surface area contributed by atoms with E-state index in [0.29, 0.717) is 18.3 Å². The number of rotatable bonds is 5. The van der Waals surface area contributed by atoms with E-state index in [9.17, 15) is 9.59 Å². The molecule has 2 heterocycles. The number of anilines is 1. The Labute approximate surface area is 123 Å². The summed E-state index contributed by atoms with van der Waals surface area (Å²) in [4.78, 5) is 28.0. The van der Waals surface area contributed by atoms with Crippen LogP contribution in [0, 0.1) is 6.92 Å². The van der Waals surface area contributed by atoms with Crippen LogP contribution in [0.25, 0.3) is 0 Å². The monoisotopic (exact) mass is 294 g/mol. The highest BCUT2D eigenvalue weighted by molar-refractivity contribution is 5.99. The molecule has 1 aliphatic heterocycles. The number of carbonyl (C=O) groups is 2. The predicted molar refractivity (Wildman–Crippen MR) is 79.8 cm³/mol. The van der Waals surface area contributed by atoms with Crippen LogP contribution < -0.4 is 10.6 Å². The number of aromatic nitrogens is 1. The van der Waals surface area contributed by atoms with E-state index in [1.54, 1.807) is 13.0 Å². The summed E-state index contributed by atoms with van der Waals surface area (Å²) in [6, 6.07) is 1.60. The predicted octanol–water partition coefficient (Wildman–Crippen LogP) is 1.63. The van der Waals surface area contributed by atoms with Crippen molar-refractivity contribution in [1.82, 2.24) is 15.2 Å². The average molecular weight is 294 g/mol. The minimum atomic E-state index is -1.09. The van der Waals surface area contributed by atoms with Gasteiger partial charge in [-0.3, -0.25) is 4.90 Å². The zero-order valence-electron chi connectivity index (χ0n) is 12.4. The summed E-state index contributed by atoms with van der Waals surface area (Å²) >= 11 is 0. The Morgan fingerprint density at radius 3 is 2.95 bits per heavy atom. The molecule has 0 aliphatic carbocycles. The molecule has 7 nitrogen and oxygen atoms in total. The van der Waals surface area contributed by atoms with Gasteiger partial charge in [0.15, 0.2) is 0 Å². The fourth-order valence-electron chi connectivity index (χ4n) is 2.78. The second-order valence-corrected chi connectivity index (χ2v) is 5.31. The van der Waals surface area contributed by atoms with Crippen LogP contribution in [0.1, 0.15) is 35.9 Å². The number of likely N-dealkylation sites (tertiary alicyclic amines) is 1. The van der Waals surface area contributed by atoms with Gasteiger partial charge >= 0.3 is 12.0 Å². The molecule has 0 saturated carbocycles. The van der Waals surface area contributed by atoms with Gasteiger partial charge in [-0.15, -0.1) is 0 Å². The third kappa shape index (κ3) is 3.75. The molecular formula is C14H22N4O3. The number of carbonyl (C=O) groups excluding carboxylic acids is 1. The minimum Gasteiger partial charge on any atom is -0.477 e. The van der Waals surface area contributed by atoms with Gasteiger partial charge in [-0.1, -0.05) is 6.92 Å². The zero-order chi connectivity index (χ0) is 15.4. The van der Waals surface area contributed by atoms with Crippen LogP contribution in [-0.4, -0.2) is 52.7 Å². The smallest absolute Gasteiger partial charge is 0.354 e. The molecule has 1 atom stereocenters. The number of urea groups is 1. The lowest BCUT2D eigenvalue weighted by molar-refractivity contribution is 0.0692. The number of hydrogen-bond donors (Lipinski definition) is 4. The Bertz CT molecular complexity index is 526. The summed E-state index contributed by atoms with van der Waals surface area (Å²) in [5, 5.41) is 14.5. The standard InChI is InChI=1S/C14H22N4O3/c1-3-18-6-4-5-10(18)8-15-14(21)17-11-7-9(2)16-12(11)13(19)20/h7,10,16H,3-6,8H2,1-2H3,(H,19,20)(H2,15,17,21). The van der Waals surface area contributed by atoms with E-state index in [-0.39, 0.29) is 17.4 Å². The molecule has 7 heteroatoms. The first kappa shape index (κ1) is 15.4. The quantitative estimate of drug-likeness (QED) is 0.663. The number of likely N-dealkylation sites (N-methyl/N-ethyl adjacent to an activating group) is 1. The summed E-state index contributed by atoms with van der Waals surface area (Å²) in [6.45, 7) is 6.48. The van der Waals surface area contributed by atoms with Crippen molar-refractivity contribution in [3.8, 4) is 0 Å². The van der Waals surface area contributed by atoms with Gasteiger partial charge in [0.05, 0.1) is 5.69 Å². The van der Waals surface area contributed by atoms with E-state index in [2.05, 4.69) is 27.4 Å². The molecule has 21 heavy (non-hydrogen) atoms. The molecule has 0 bridgehead atoms. The highest BCUT2D eigenvalue weighted by Gasteiger charge is 2.23. The van der Waals surface area contributed by atoms with Crippen LogP contribution in [0.5, 0.6) is 0 Å². The van der Waals surface area contributed by atoms with Gasteiger partial charge in [0, 0.05) is 18.3 Å². The molecule has 1 unspecified atom stereocenters. The third-order valence-electron chi connectivity index (χ3n) is 3.82. The van der Waals surface area contributed by atoms with Crippen LogP contribution in [-0.2, 0) is 0 Å². The number of nitrogens with zero attached hydrogens (tertiary/aromatic N) is 1. The first-order valence-corrected chi connectivity index (χ1v) is 7.23. The topological polar surface area (TPSA) is 97.5 Å². The number of carboxylic acid groups (broad SMARTS) is 1. The van der Waals surface area contributed by atoms with E-state index in [4.69, 9.17) is 5.11 Å². The Hall–Kier alpha value is -2.02. The lowest BCUT2D eigenvalue weighted by atomic mass is 10.2. The van der Waals surface area contributed by atoms with Gasteiger partial charge in [0.25, 0.3) is 0 Å². The van der Waals surface area contributed by atoms with Crippen LogP contribution in [0.2, 0.25) is 0 Å². The Morgan fingerprint density at radius 2 is 2.29 bits per heavy atom. The molecule has 1 aromatic heterocycles. The largest absolute Gasteiger partial charge is 0.477 e. The van der Waals surface area contributed by atoms with Gasteiger partial charge in [-0.2, -0.15) is 0 Å². The van der Waals surface area contributed by atoms with Crippen molar-refractivity contribution in [2.24, 2.45) is 0 Å². The van der Waals surface area contributed by atoms with Crippen LogP contribution >= 0.6 is 0 Å². The summed E-state index contributed by atoms with van der Waals surface area (Å²) in [5.41, 5.74) is 0.977. The van der Waals surface area contributed by atoms with Gasteiger partial charge in [0.2, 0.25) is 0 Å². The van der Waals surface area contributed by atoms with Crippen molar-refractivity contribution in [3.63, 3.8) is 0 Å². The van der Waals surface area contributed by atoms with E-state index in [1.807, 2.05) is 0 Å². The first-order chi connectivity index (χ1) is 10.0. The van der Waals surface area contributed by atoms with E-state index < -0.39 is 5.97 Å². The molecule has 4 N–H and O–H groups in total. The third-order valence-corrected chi connectivity index (χ3v) is 3.82. The molecule has 2 amide bonds. The highest BCUT2D eigenvalue weighted by atomic mass is 16.4. The van der Waals surface area contributed by atoms with Crippen LogP contribution in [0.4, 0.5) is 10.5 Å². The molecule has 0 aromatic carbocycles. The number of hydrogen-bond acceptors (Lipinski definition) is 3. The molecule has 116 valence electrons. The molecule has 1 saturated heterocycles. The highest BCUT2D eigenvalue weighted by Crippen LogP contribution is 2.17. The fraction of sp³-hybridized carbons (Fsp3) is 0.571. The second kappa shape index (κ2) is 6.62. The number of H-pyrrole nitrogens is 1. The van der Waals surface area contributed by atoms with Gasteiger partial charge in [-0.25, -0.2) is 9.59 Å². The molecule has 2 rings (SSSR count). The van der Waals surface area contributed by atoms with Crippen molar-refractivity contribution in [2.45, 2.75) is 32.7 Å². The van der Waals surface area contributed by atoms with Crippen molar-refractivity contribution in [3.05, 3.63) is 17.5 Å². The van der Waals surface area contributed by atoms with E-state index >= 15 is 0 Å². The summed E-state index contributed by atoms with van der Waals surface area (Å²) in [6.07, 6.45) is 2.24. The first-order valence-electron chi connectivity index (χ1n) is 7.23. The van der Waals surface area contributed by atoms with Gasteiger partial charge in [-0.05, 0) is 38.9 Å². The number of amides is 2. The Kier molecular flexibility index (Phi) is 4.85. The van der Waals surface area contributed by atoms with Gasteiger partial charge < -0.3 is 20.7 Å². The molecular weight excluding hydrogens is 272 g/mol. The maximum Gasteiger partial charge on any atom is 0.354 e. The SMILES string of the molecule is CCN1CCCC1CNC(=O)Nc1cc(C)[nH]c1C(=O)O. The number of aromatic amines is 1. The lowest BCUT2D eigenvalue weighted by Crippen LogP contribution is -2.41. The number of carboxylic acids is 1. The number of aryl methyl sites for hydroxylation is 1. The number of nitrogens with one attached hydrogen (secondary N) is 3. The summed E-state index contributed by atoms with van der Waals surface area (Å²) in [5.74, 6) is -1.09. The van der Waals surface area contributed by atoms with Crippen LogP contribution in [0.3, 0.4) is 0 Å². The summed E-state index contributed by atoms with van der Waals surface area (Å²) in [7, 11) is 0. The fourth-order valence-corrected chi connectivity index (χ4v) is 2.78. The maximum absolute atomic E-state index is 11.9. The molecule has 0 spiro atoms. The van der Waals surface area contributed by atoms with E-state index in [0.717, 1.165) is 25.9 Å². The second-order valence-electron chi connectivity index (χ2n) is 5.31. The maximum atomic E-state index is 11.9. The van der Waals surface area contributed by atoms with Crippen LogP contribution in [0.15, 0.2) is 6.07 Å². The molecule has 1 fully saturated rings. The molecule has 1 aliphatic rings. The van der Waals surface area contributed by atoms with Crippen molar-refractivity contribution < 1.29 is 14.7 Å². The Morgan fingerprint density at radius 1 is 1.52 bits per heavy atom. The minimum absolute atomic E-state index is 0.00120. The normalized spacial score (nSPS) is 18.7.